The Morgan fingerprint density at radius 1 is 1.32 bits per heavy atom. The molecule has 1 aromatic rings. The quantitative estimate of drug-likeness (QED) is 0.851. The fourth-order valence-corrected chi connectivity index (χ4v) is 3.33. The fraction of sp³-hybridized carbons (Fsp3) is 0.611. The second-order valence-electron chi connectivity index (χ2n) is 6.92. The van der Waals surface area contributed by atoms with Crippen LogP contribution in [0.2, 0.25) is 0 Å². The van der Waals surface area contributed by atoms with E-state index in [1.807, 2.05) is 30.3 Å². The van der Waals surface area contributed by atoms with Crippen LogP contribution in [0, 0.1) is 5.92 Å². The third kappa shape index (κ3) is 5.19. The smallest absolute Gasteiger partial charge is 0.340 e. The maximum Gasteiger partial charge on any atom is 0.401 e. The minimum Gasteiger partial charge on any atom is -0.340 e. The normalized spacial score (nSPS) is 20.8. The molecule has 2 rings (SSSR count). The average molecular weight is 357 g/mol. The van der Waals surface area contributed by atoms with Crippen molar-refractivity contribution < 1.29 is 18.0 Å². The lowest BCUT2D eigenvalue weighted by Gasteiger charge is -2.30. The van der Waals surface area contributed by atoms with Crippen molar-refractivity contribution in [3.63, 3.8) is 0 Å². The van der Waals surface area contributed by atoms with Crippen molar-refractivity contribution in [1.82, 2.24) is 9.80 Å². The van der Waals surface area contributed by atoms with Crippen molar-refractivity contribution >= 4 is 5.91 Å². The molecule has 0 saturated carbocycles. The number of likely N-dealkylation sites (tertiary alicyclic amines) is 1. The molecule has 1 aromatic carbocycles. The fourth-order valence-electron chi connectivity index (χ4n) is 3.33. The summed E-state index contributed by atoms with van der Waals surface area (Å²) in [4.78, 5) is 15.9. The van der Waals surface area contributed by atoms with Gasteiger partial charge in [-0.15, -0.1) is 0 Å². The molecular weight excluding hydrogens is 331 g/mol. The Morgan fingerprint density at radius 3 is 2.52 bits per heavy atom. The van der Waals surface area contributed by atoms with E-state index in [1.54, 1.807) is 18.7 Å². The molecule has 25 heavy (non-hydrogen) atoms. The molecule has 0 spiro atoms. The van der Waals surface area contributed by atoms with Gasteiger partial charge in [-0.2, -0.15) is 13.2 Å². The third-order valence-corrected chi connectivity index (χ3v) is 4.76. The summed E-state index contributed by atoms with van der Waals surface area (Å²) in [7, 11) is 0. The molecule has 4 nitrogen and oxygen atoms in total. The van der Waals surface area contributed by atoms with Crippen LogP contribution in [-0.4, -0.2) is 54.6 Å². The van der Waals surface area contributed by atoms with Gasteiger partial charge in [0.2, 0.25) is 5.91 Å². The molecule has 1 aliphatic heterocycles. The van der Waals surface area contributed by atoms with Gasteiger partial charge >= 0.3 is 6.18 Å². The molecule has 2 unspecified atom stereocenters. The molecule has 1 saturated heterocycles. The van der Waals surface area contributed by atoms with Crippen LogP contribution >= 0.6 is 0 Å². The Kier molecular flexibility index (Phi) is 6.11. The van der Waals surface area contributed by atoms with E-state index < -0.39 is 18.3 Å². The van der Waals surface area contributed by atoms with E-state index in [9.17, 15) is 18.0 Å². The van der Waals surface area contributed by atoms with Crippen LogP contribution in [0.5, 0.6) is 0 Å². The third-order valence-electron chi connectivity index (χ3n) is 4.76. The average Bonchev–Trinajstić information content (AvgIpc) is 3.01. The van der Waals surface area contributed by atoms with Crippen molar-refractivity contribution in [2.45, 2.75) is 32.0 Å². The predicted molar refractivity (Wildman–Crippen MR) is 90.8 cm³/mol. The lowest BCUT2D eigenvalue weighted by atomic mass is 9.92. The largest absolute Gasteiger partial charge is 0.401 e. The number of carbonyl (C=O) groups is 1. The monoisotopic (exact) mass is 357 g/mol. The first-order chi connectivity index (χ1) is 11.6. The Balaban J connectivity index is 1.96. The first-order valence-corrected chi connectivity index (χ1v) is 8.56. The highest BCUT2D eigenvalue weighted by atomic mass is 19.4. The molecular formula is C18H26F3N3O. The van der Waals surface area contributed by atoms with Gasteiger partial charge in [-0.3, -0.25) is 9.69 Å². The number of hydrogen-bond donors (Lipinski definition) is 1. The number of hydrogen-bond acceptors (Lipinski definition) is 3. The van der Waals surface area contributed by atoms with Crippen LogP contribution in [0.4, 0.5) is 13.2 Å². The molecule has 1 amide bonds. The summed E-state index contributed by atoms with van der Waals surface area (Å²) >= 11 is 0. The number of nitrogens with two attached hydrogens (primary N) is 1. The van der Waals surface area contributed by atoms with Gasteiger partial charge in [0, 0.05) is 19.6 Å². The lowest BCUT2D eigenvalue weighted by molar-refractivity contribution is -0.147. The van der Waals surface area contributed by atoms with Gasteiger partial charge in [-0.05, 0) is 31.4 Å². The zero-order valence-corrected chi connectivity index (χ0v) is 14.7. The maximum absolute atomic E-state index is 12.8. The zero-order chi connectivity index (χ0) is 18.7. The van der Waals surface area contributed by atoms with Crippen molar-refractivity contribution in [2.75, 3.05) is 32.7 Å². The molecule has 0 radical (unpaired) electrons. The lowest BCUT2D eigenvalue weighted by Crippen LogP contribution is -2.50. The molecule has 0 bridgehead atoms. The minimum absolute atomic E-state index is 0.0397. The molecule has 1 aliphatic rings. The highest BCUT2D eigenvalue weighted by Crippen LogP contribution is 2.26. The van der Waals surface area contributed by atoms with Gasteiger partial charge in [0.25, 0.3) is 0 Å². The van der Waals surface area contributed by atoms with E-state index in [0.29, 0.717) is 32.6 Å². The number of amides is 1. The molecule has 140 valence electrons. The van der Waals surface area contributed by atoms with E-state index in [1.165, 1.54) is 4.90 Å². The van der Waals surface area contributed by atoms with E-state index in [-0.39, 0.29) is 11.8 Å². The van der Waals surface area contributed by atoms with Gasteiger partial charge in [0.1, 0.15) is 5.54 Å². The van der Waals surface area contributed by atoms with Gasteiger partial charge in [0.15, 0.2) is 0 Å². The van der Waals surface area contributed by atoms with Crippen LogP contribution in [0.1, 0.15) is 25.8 Å². The highest BCUT2D eigenvalue weighted by molar-refractivity contribution is 5.87. The Labute approximate surface area is 146 Å². The summed E-state index contributed by atoms with van der Waals surface area (Å²) in [6.07, 6.45) is -3.50. The first-order valence-electron chi connectivity index (χ1n) is 8.56. The zero-order valence-electron chi connectivity index (χ0n) is 14.7. The molecule has 7 heteroatoms. The van der Waals surface area contributed by atoms with Crippen LogP contribution in [0.25, 0.3) is 0 Å². The SMILES string of the molecule is CCN(CC1CCN(C(=O)C(C)(N)c2ccccc2)C1)CC(F)(F)F. The molecule has 0 aliphatic carbocycles. The standard InChI is InChI=1S/C18H26F3N3O/c1-3-23(13-18(19,20)21)11-14-9-10-24(12-14)16(25)17(2,22)15-7-5-4-6-8-15/h4-8,14H,3,9-13,22H2,1-2H3. The summed E-state index contributed by atoms with van der Waals surface area (Å²) in [6.45, 7) is 4.15. The highest BCUT2D eigenvalue weighted by Gasteiger charge is 2.38. The Hall–Kier alpha value is -1.60. The number of carbonyl (C=O) groups excluding carboxylic acids is 1. The van der Waals surface area contributed by atoms with E-state index in [0.717, 1.165) is 5.56 Å². The number of benzene rings is 1. The van der Waals surface area contributed by atoms with Crippen molar-refractivity contribution in [3.05, 3.63) is 35.9 Å². The second-order valence-corrected chi connectivity index (χ2v) is 6.92. The number of rotatable bonds is 6. The summed E-state index contributed by atoms with van der Waals surface area (Å²) in [5, 5.41) is 0. The molecule has 1 heterocycles. The van der Waals surface area contributed by atoms with E-state index >= 15 is 0 Å². The topological polar surface area (TPSA) is 49.6 Å². The van der Waals surface area contributed by atoms with Crippen LogP contribution in [0.15, 0.2) is 30.3 Å². The molecule has 0 aromatic heterocycles. The molecule has 2 N–H and O–H groups in total. The summed E-state index contributed by atoms with van der Waals surface area (Å²) in [6, 6.07) is 9.14. The van der Waals surface area contributed by atoms with Gasteiger partial charge < -0.3 is 10.6 Å². The van der Waals surface area contributed by atoms with Crippen LogP contribution in [0.3, 0.4) is 0 Å². The Bertz CT molecular complexity index is 575. The summed E-state index contributed by atoms with van der Waals surface area (Å²) < 4.78 is 37.8. The first kappa shape index (κ1) is 19.7. The van der Waals surface area contributed by atoms with Gasteiger partial charge in [-0.25, -0.2) is 0 Å². The van der Waals surface area contributed by atoms with E-state index in [2.05, 4.69) is 0 Å². The van der Waals surface area contributed by atoms with Gasteiger partial charge in [-0.1, -0.05) is 37.3 Å². The summed E-state index contributed by atoms with van der Waals surface area (Å²) in [5.41, 5.74) is 5.87. The number of halogens is 3. The van der Waals surface area contributed by atoms with Crippen LogP contribution in [-0.2, 0) is 10.3 Å². The second kappa shape index (κ2) is 7.74. The minimum atomic E-state index is -4.20. The van der Waals surface area contributed by atoms with Crippen LogP contribution < -0.4 is 5.73 Å². The maximum atomic E-state index is 12.8. The Morgan fingerprint density at radius 2 is 1.96 bits per heavy atom. The summed E-state index contributed by atoms with van der Waals surface area (Å²) in [5.74, 6) is -0.141. The number of nitrogens with zero attached hydrogens (tertiary/aromatic N) is 2. The van der Waals surface area contributed by atoms with Crippen molar-refractivity contribution in [2.24, 2.45) is 11.7 Å². The molecule has 2 atom stereocenters. The van der Waals surface area contributed by atoms with Crippen molar-refractivity contribution in [1.29, 1.82) is 0 Å². The molecule has 1 fully saturated rings. The van der Waals surface area contributed by atoms with E-state index in [4.69, 9.17) is 5.73 Å². The van der Waals surface area contributed by atoms with Crippen molar-refractivity contribution in [3.8, 4) is 0 Å². The van der Waals surface area contributed by atoms with Gasteiger partial charge in [0.05, 0.1) is 6.54 Å². The number of alkyl halides is 3. The predicted octanol–water partition coefficient (Wildman–Crippen LogP) is 2.59.